The largest absolute Gasteiger partial charge is 0.399 e. The summed E-state index contributed by atoms with van der Waals surface area (Å²) in [5, 5.41) is 2.68. The molecule has 0 unspecified atom stereocenters. The van der Waals surface area contributed by atoms with Crippen LogP contribution < -0.4 is 11.1 Å². The van der Waals surface area contributed by atoms with Crippen LogP contribution in [0.15, 0.2) is 24.3 Å². The van der Waals surface area contributed by atoms with Crippen molar-refractivity contribution in [1.29, 1.82) is 0 Å². The summed E-state index contributed by atoms with van der Waals surface area (Å²) >= 11 is 1.52. The van der Waals surface area contributed by atoms with Crippen LogP contribution in [0.3, 0.4) is 0 Å². The summed E-state index contributed by atoms with van der Waals surface area (Å²) < 4.78 is 13.2. The van der Waals surface area contributed by atoms with E-state index in [4.69, 9.17) is 5.73 Å². The summed E-state index contributed by atoms with van der Waals surface area (Å²) in [5.41, 5.74) is 7.50. The molecule has 1 aromatic carbocycles. The summed E-state index contributed by atoms with van der Waals surface area (Å²) in [5.74, 6) is -0.659. The van der Waals surface area contributed by atoms with Crippen LogP contribution in [0.1, 0.15) is 26.5 Å². The van der Waals surface area contributed by atoms with Crippen LogP contribution in [0, 0.1) is 5.82 Å². The van der Waals surface area contributed by atoms with Crippen LogP contribution >= 0.6 is 11.3 Å². The number of rotatable bonds is 2. The van der Waals surface area contributed by atoms with E-state index in [0.717, 1.165) is 12.8 Å². The first-order chi connectivity index (χ1) is 9.11. The van der Waals surface area contributed by atoms with Crippen molar-refractivity contribution in [1.82, 2.24) is 0 Å². The number of nitrogen functional groups attached to an aromatic ring is 1. The summed E-state index contributed by atoms with van der Waals surface area (Å²) in [6.07, 6.45) is 3.27. The van der Waals surface area contributed by atoms with Crippen molar-refractivity contribution in [2.75, 3.05) is 11.1 Å². The minimum Gasteiger partial charge on any atom is -0.399 e. The number of carbonyl (C=O) groups excluding carboxylic acids is 1. The van der Waals surface area contributed by atoms with E-state index in [1.54, 1.807) is 6.07 Å². The number of carbonyl (C=O) groups is 1. The summed E-state index contributed by atoms with van der Waals surface area (Å²) in [6.45, 7) is 0. The lowest BCUT2D eigenvalue weighted by molar-refractivity contribution is 0.103. The fraction of sp³-hybridized carbons (Fsp3) is 0.214. The number of halogens is 1. The number of benzene rings is 1. The number of anilines is 2. The number of aryl methyl sites for hydroxylation is 2. The molecule has 0 spiro atoms. The molecule has 1 heterocycles. The SMILES string of the molecule is Nc1cc(F)cc(NC(=O)c2cc3c(s2)CCC3)c1. The fourth-order valence-corrected chi connectivity index (χ4v) is 3.47. The van der Waals surface area contributed by atoms with Gasteiger partial charge in [0.2, 0.25) is 0 Å². The van der Waals surface area contributed by atoms with Crippen LogP contribution in [0.25, 0.3) is 0 Å². The van der Waals surface area contributed by atoms with E-state index in [-0.39, 0.29) is 5.91 Å². The van der Waals surface area contributed by atoms with Crippen molar-refractivity contribution in [3.8, 4) is 0 Å². The molecule has 0 radical (unpaired) electrons. The second-order valence-electron chi connectivity index (χ2n) is 4.64. The molecule has 0 saturated carbocycles. The first kappa shape index (κ1) is 12.2. The van der Waals surface area contributed by atoms with Crippen LogP contribution in [0.4, 0.5) is 15.8 Å². The highest BCUT2D eigenvalue weighted by Crippen LogP contribution is 2.31. The van der Waals surface area contributed by atoms with E-state index in [9.17, 15) is 9.18 Å². The predicted octanol–water partition coefficient (Wildman–Crippen LogP) is 3.21. The van der Waals surface area contributed by atoms with E-state index in [2.05, 4.69) is 5.32 Å². The van der Waals surface area contributed by atoms with Gasteiger partial charge in [-0.2, -0.15) is 0 Å². The molecule has 1 aliphatic rings. The van der Waals surface area contributed by atoms with E-state index in [1.165, 1.54) is 40.3 Å². The van der Waals surface area contributed by atoms with Crippen molar-refractivity contribution in [2.45, 2.75) is 19.3 Å². The van der Waals surface area contributed by atoms with Gasteiger partial charge in [-0.25, -0.2) is 4.39 Å². The van der Waals surface area contributed by atoms with Crippen LogP contribution in [0.2, 0.25) is 0 Å². The number of amides is 1. The van der Waals surface area contributed by atoms with Gasteiger partial charge >= 0.3 is 0 Å². The Morgan fingerprint density at radius 1 is 1.26 bits per heavy atom. The highest BCUT2D eigenvalue weighted by Gasteiger charge is 2.18. The second kappa shape index (κ2) is 4.66. The number of fused-ring (bicyclic) bond motifs is 1. The Kier molecular flexibility index (Phi) is 2.98. The monoisotopic (exact) mass is 276 g/mol. The molecule has 3 N–H and O–H groups in total. The number of hydrogen-bond acceptors (Lipinski definition) is 3. The third kappa shape index (κ3) is 2.46. The third-order valence-electron chi connectivity index (χ3n) is 3.15. The Labute approximate surface area is 114 Å². The predicted molar refractivity (Wildman–Crippen MR) is 75.1 cm³/mol. The first-order valence-corrected chi connectivity index (χ1v) is 6.92. The molecule has 19 heavy (non-hydrogen) atoms. The Bertz CT molecular complexity index is 609. The Hall–Kier alpha value is -1.88. The van der Waals surface area contributed by atoms with Gasteiger partial charge in [0.05, 0.1) is 4.88 Å². The average molecular weight is 276 g/mol. The molecule has 1 aromatic heterocycles. The molecular weight excluding hydrogens is 263 g/mol. The van der Waals surface area contributed by atoms with Gasteiger partial charge in [0, 0.05) is 16.3 Å². The summed E-state index contributed by atoms with van der Waals surface area (Å²) in [6, 6.07) is 5.96. The number of hydrogen-bond donors (Lipinski definition) is 2. The van der Waals surface area contributed by atoms with Gasteiger partial charge in [-0.3, -0.25) is 4.79 Å². The van der Waals surface area contributed by atoms with Crippen molar-refractivity contribution in [2.24, 2.45) is 0 Å². The van der Waals surface area contributed by atoms with E-state index < -0.39 is 5.82 Å². The van der Waals surface area contributed by atoms with Crippen molar-refractivity contribution < 1.29 is 9.18 Å². The topological polar surface area (TPSA) is 55.1 Å². The van der Waals surface area contributed by atoms with Crippen LogP contribution in [-0.2, 0) is 12.8 Å². The zero-order chi connectivity index (χ0) is 13.4. The average Bonchev–Trinajstić information content (AvgIpc) is 2.86. The summed E-state index contributed by atoms with van der Waals surface area (Å²) in [4.78, 5) is 14.0. The van der Waals surface area contributed by atoms with Crippen LogP contribution in [-0.4, -0.2) is 5.91 Å². The maximum absolute atomic E-state index is 13.2. The van der Waals surface area contributed by atoms with Crippen molar-refractivity contribution in [3.63, 3.8) is 0 Å². The molecule has 3 rings (SSSR count). The van der Waals surface area contributed by atoms with E-state index in [0.29, 0.717) is 16.3 Å². The van der Waals surface area contributed by atoms with Gasteiger partial charge in [0.1, 0.15) is 5.82 Å². The molecule has 98 valence electrons. The normalized spacial score (nSPS) is 13.3. The lowest BCUT2D eigenvalue weighted by atomic mass is 10.2. The minimum atomic E-state index is -0.455. The van der Waals surface area contributed by atoms with E-state index >= 15 is 0 Å². The highest BCUT2D eigenvalue weighted by atomic mass is 32.1. The molecule has 1 aliphatic carbocycles. The zero-order valence-electron chi connectivity index (χ0n) is 10.2. The molecule has 0 fully saturated rings. The molecule has 0 saturated heterocycles. The van der Waals surface area contributed by atoms with Gasteiger partial charge in [-0.1, -0.05) is 0 Å². The molecule has 0 atom stereocenters. The Morgan fingerprint density at radius 2 is 2.11 bits per heavy atom. The number of thiophene rings is 1. The van der Waals surface area contributed by atoms with Gasteiger partial charge in [-0.15, -0.1) is 11.3 Å². The molecule has 0 bridgehead atoms. The first-order valence-electron chi connectivity index (χ1n) is 6.11. The Balaban J connectivity index is 1.80. The van der Waals surface area contributed by atoms with E-state index in [1.807, 2.05) is 6.07 Å². The molecular formula is C14H13FN2OS. The standard InChI is InChI=1S/C14H13FN2OS/c15-9-5-10(16)7-11(6-9)17-14(18)13-4-8-2-1-3-12(8)19-13/h4-7H,1-3,16H2,(H,17,18). The maximum atomic E-state index is 13.2. The fourth-order valence-electron chi connectivity index (χ4n) is 2.32. The maximum Gasteiger partial charge on any atom is 0.265 e. The number of nitrogens with two attached hydrogens (primary N) is 1. The van der Waals surface area contributed by atoms with Gasteiger partial charge < -0.3 is 11.1 Å². The van der Waals surface area contributed by atoms with Gasteiger partial charge in [0.15, 0.2) is 0 Å². The zero-order valence-corrected chi connectivity index (χ0v) is 11.0. The second-order valence-corrected chi connectivity index (χ2v) is 5.78. The minimum absolute atomic E-state index is 0.204. The van der Waals surface area contributed by atoms with Crippen molar-refractivity contribution >= 4 is 28.6 Å². The molecule has 2 aromatic rings. The summed E-state index contributed by atoms with van der Waals surface area (Å²) in [7, 11) is 0. The molecule has 5 heteroatoms. The lowest BCUT2D eigenvalue weighted by Gasteiger charge is -2.05. The molecule has 0 aliphatic heterocycles. The number of nitrogens with one attached hydrogen (secondary N) is 1. The third-order valence-corrected chi connectivity index (χ3v) is 4.38. The lowest BCUT2D eigenvalue weighted by Crippen LogP contribution is -2.10. The highest BCUT2D eigenvalue weighted by molar-refractivity contribution is 7.14. The Morgan fingerprint density at radius 3 is 2.84 bits per heavy atom. The van der Waals surface area contributed by atoms with Gasteiger partial charge in [-0.05, 0) is 49.1 Å². The molecule has 1 amide bonds. The van der Waals surface area contributed by atoms with Crippen LogP contribution in [0.5, 0.6) is 0 Å². The smallest absolute Gasteiger partial charge is 0.265 e. The van der Waals surface area contributed by atoms with Gasteiger partial charge in [0.25, 0.3) is 5.91 Å². The van der Waals surface area contributed by atoms with Crippen molar-refractivity contribution in [3.05, 3.63) is 45.4 Å². The quantitative estimate of drug-likeness (QED) is 0.827. The molecule has 3 nitrogen and oxygen atoms in total.